The molecular formula is C13H17N3O2S2. The van der Waals surface area contributed by atoms with Crippen LogP contribution >= 0.6 is 11.3 Å². The third kappa shape index (κ3) is 4.03. The minimum absolute atomic E-state index is 0.315. The van der Waals surface area contributed by atoms with E-state index in [4.69, 9.17) is 0 Å². The van der Waals surface area contributed by atoms with Gasteiger partial charge in [0, 0.05) is 29.9 Å². The van der Waals surface area contributed by atoms with Crippen LogP contribution in [0.3, 0.4) is 0 Å². The molecule has 0 saturated carbocycles. The van der Waals surface area contributed by atoms with Crippen molar-refractivity contribution in [2.45, 2.75) is 30.6 Å². The number of sulfonamides is 1. The first-order chi connectivity index (χ1) is 9.47. The Morgan fingerprint density at radius 1 is 1.20 bits per heavy atom. The molecule has 2 aromatic rings. The van der Waals surface area contributed by atoms with E-state index >= 15 is 0 Å². The van der Waals surface area contributed by atoms with Crippen LogP contribution < -0.4 is 10.0 Å². The van der Waals surface area contributed by atoms with Gasteiger partial charge in [0.1, 0.15) is 4.21 Å². The van der Waals surface area contributed by atoms with Crippen molar-refractivity contribution < 1.29 is 8.42 Å². The smallest absolute Gasteiger partial charge is 0.271 e. The van der Waals surface area contributed by atoms with Gasteiger partial charge in [-0.3, -0.25) is 9.71 Å². The highest BCUT2D eigenvalue weighted by atomic mass is 32.2. The van der Waals surface area contributed by atoms with Crippen molar-refractivity contribution in [3.05, 3.63) is 41.5 Å². The number of thiophene rings is 1. The minimum atomic E-state index is -3.52. The molecule has 5 nitrogen and oxygen atoms in total. The van der Waals surface area contributed by atoms with E-state index in [9.17, 15) is 8.42 Å². The molecule has 0 aliphatic heterocycles. The van der Waals surface area contributed by atoms with Gasteiger partial charge in [-0.2, -0.15) is 0 Å². The molecule has 0 atom stereocenters. The molecule has 2 rings (SSSR count). The van der Waals surface area contributed by atoms with Crippen LogP contribution in [0.2, 0.25) is 0 Å². The molecule has 2 N–H and O–H groups in total. The molecule has 0 fully saturated rings. The fraction of sp³-hybridized carbons (Fsp3) is 0.308. The summed E-state index contributed by atoms with van der Waals surface area (Å²) in [5, 5.41) is 3.26. The van der Waals surface area contributed by atoms with Crippen molar-refractivity contribution in [3.8, 4) is 0 Å². The highest BCUT2D eigenvalue weighted by molar-refractivity contribution is 7.94. The van der Waals surface area contributed by atoms with Crippen LogP contribution in [-0.4, -0.2) is 19.4 Å². The van der Waals surface area contributed by atoms with Gasteiger partial charge in [0.05, 0.1) is 5.69 Å². The number of nitrogens with zero attached hydrogens (tertiary/aromatic N) is 1. The molecule has 0 bridgehead atoms. The van der Waals surface area contributed by atoms with Crippen molar-refractivity contribution in [1.29, 1.82) is 0 Å². The van der Waals surface area contributed by atoms with Gasteiger partial charge in [-0.15, -0.1) is 11.3 Å². The summed E-state index contributed by atoms with van der Waals surface area (Å²) in [5.41, 5.74) is 0.509. The van der Waals surface area contributed by atoms with Gasteiger partial charge in [-0.05, 0) is 24.3 Å². The summed E-state index contributed by atoms with van der Waals surface area (Å²) in [4.78, 5) is 4.85. The number of hydrogen-bond donors (Lipinski definition) is 2. The topological polar surface area (TPSA) is 71.1 Å². The summed E-state index contributed by atoms with van der Waals surface area (Å²) < 4.78 is 27.3. The zero-order chi connectivity index (χ0) is 14.6. The monoisotopic (exact) mass is 311 g/mol. The van der Waals surface area contributed by atoms with Gasteiger partial charge >= 0.3 is 0 Å². The first-order valence-electron chi connectivity index (χ1n) is 6.22. The second kappa shape index (κ2) is 6.34. The van der Waals surface area contributed by atoms with E-state index in [0.29, 0.717) is 22.5 Å². The van der Waals surface area contributed by atoms with E-state index in [1.165, 1.54) is 11.3 Å². The lowest BCUT2D eigenvalue weighted by Crippen LogP contribution is -2.21. The molecule has 0 aliphatic rings. The maximum Gasteiger partial charge on any atom is 0.271 e. The molecule has 0 radical (unpaired) electrons. The Labute approximate surface area is 123 Å². The highest BCUT2D eigenvalue weighted by Crippen LogP contribution is 2.23. The second-order valence-electron chi connectivity index (χ2n) is 4.60. The maximum atomic E-state index is 12.2. The first-order valence-corrected chi connectivity index (χ1v) is 8.52. The molecule has 7 heteroatoms. The van der Waals surface area contributed by atoms with E-state index in [1.54, 1.807) is 30.6 Å². The Kier molecular flexibility index (Phi) is 4.74. The third-order valence-corrected chi connectivity index (χ3v) is 5.48. The number of hydrogen-bond acceptors (Lipinski definition) is 5. The summed E-state index contributed by atoms with van der Waals surface area (Å²) in [6, 6.07) is 7.07. The third-order valence-electron chi connectivity index (χ3n) is 2.52. The summed E-state index contributed by atoms with van der Waals surface area (Å²) in [6.45, 7) is 4.78. The fourth-order valence-corrected chi connectivity index (χ4v) is 3.89. The summed E-state index contributed by atoms with van der Waals surface area (Å²) in [6.07, 6.45) is 3.09. The molecule has 0 spiro atoms. The molecule has 0 aliphatic carbocycles. The van der Waals surface area contributed by atoms with Crippen molar-refractivity contribution in [2.75, 3.05) is 4.72 Å². The Hall–Kier alpha value is -1.44. The molecule has 0 aromatic carbocycles. The van der Waals surface area contributed by atoms with E-state index in [-0.39, 0.29) is 0 Å². The zero-order valence-corrected chi connectivity index (χ0v) is 13.0. The van der Waals surface area contributed by atoms with Crippen LogP contribution in [0.4, 0.5) is 5.69 Å². The lowest BCUT2D eigenvalue weighted by Gasteiger charge is -2.06. The van der Waals surface area contributed by atoms with Gasteiger partial charge in [0.25, 0.3) is 10.0 Å². The predicted molar refractivity (Wildman–Crippen MR) is 81.3 cm³/mol. The highest BCUT2D eigenvalue weighted by Gasteiger charge is 2.16. The van der Waals surface area contributed by atoms with E-state index in [2.05, 4.69) is 28.9 Å². The SMILES string of the molecule is CC(C)NCc1ccc(S(=O)(=O)Nc2ccncc2)s1. The van der Waals surface area contributed by atoms with Crippen molar-refractivity contribution >= 4 is 27.0 Å². The average molecular weight is 311 g/mol. The van der Waals surface area contributed by atoms with Crippen molar-refractivity contribution in [1.82, 2.24) is 10.3 Å². The lowest BCUT2D eigenvalue weighted by atomic mass is 10.4. The van der Waals surface area contributed by atoms with Crippen LogP contribution in [0, 0.1) is 0 Å². The zero-order valence-electron chi connectivity index (χ0n) is 11.3. The molecule has 20 heavy (non-hydrogen) atoms. The molecule has 108 valence electrons. The second-order valence-corrected chi connectivity index (χ2v) is 7.68. The summed E-state index contributed by atoms with van der Waals surface area (Å²) in [7, 11) is -3.52. The molecule has 0 unspecified atom stereocenters. The Bertz CT molecular complexity index is 651. The van der Waals surface area contributed by atoms with Gasteiger partial charge < -0.3 is 5.32 Å². The van der Waals surface area contributed by atoms with E-state index in [1.807, 2.05) is 6.07 Å². The number of pyridine rings is 1. The van der Waals surface area contributed by atoms with Crippen LogP contribution in [0.15, 0.2) is 40.9 Å². The van der Waals surface area contributed by atoms with Crippen LogP contribution in [0.1, 0.15) is 18.7 Å². The average Bonchev–Trinajstić information content (AvgIpc) is 2.86. The fourth-order valence-electron chi connectivity index (χ4n) is 1.53. The van der Waals surface area contributed by atoms with E-state index in [0.717, 1.165) is 4.88 Å². The van der Waals surface area contributed by atoms with Gasteiger partial charge in [-0.1, -0.05) is 13.8 Å². The number of rotatable bonds is 6. The molecule has 2 heterocycles. The molecular weight excluding hydrogens is 294 g/mol. The normalized spacial score (nSPS) is 11.8. The van der Waals surface area contributed by atoms with Gasteiger partial charge in [0.2, 0.25) is 0 Å². The largest absolute Gasteiger partial charge is 0.310 e. The number of aromatic nitrogens is 1. The minimum Gasteiger partial charge on any atom is -0.310 e. The summed E-state index contributed by atoms with van der Waals surface area (Å²) >= 11 is 1.27. The quantitative estimate of drug-likeness (QED) is 0.859. The molecule has 0 saturated heterocycles. The maximum absolute atomic E-state index is 12.2. The number of anilines is 1. The van der Waals surface area contributed by atoms with Crippen LogP contribution in [-0.2, 0) is 16.6 Å². The molecule has 0 amide bonds. The Morgan fingerprint density at radius 3 is 2.55 bits per heavy atom. The standard InChI is InChI=1S/C13H17N3O2S2/c1-10(2)15-9-12-3-4-13(19-12)20(17,18)16-11-5-7-14-8-6-11/h3-8,10,15H,9H2,1-2H3,(H,14,16). The van der Waals surface area contributed by atoms with Crippen LogP contribution in [0.25, 0.3) is 0 Å². The van der Waals surface area contributed by atoms with Crippen molar-refractivity contribution in [2.24, 2.45) is 0 Å². The van der Waals surface area contributed by atoms with Crippen LogP contribution in [0.5, 0.6) is 0 Å². The predicted octanol–water partition coefficient (Wildman–Crippen LogP) is 2.44. The molecule has 2 aromatic heterocycles. The van der Waals surface area contributed by atoms with Gasteiger partial charge in [-0.25, -0.2) is 8.42 Å². The van der Waals surface area contributed by atoms with Gasteiger partial charge in [0.15, 0.2) is 0 Å². The number of nitrogens with one attached hydrogen (secondary N) is 2. The first kappa shape index (κ1) is 15.0. The summed E-state index contributed by atoms with van der Waals surface area (Å²) in [5.74, 6) is 0. The Balaban J connectivity index is 2.10. The lowest BCUT2D eigenvalue weighted by molar-refractivity contribution is 0.593. The Morgan fingerprint density at radius 2 is 1.90 bits per heavy atom. The van der Waals surface area contributed by atoms with E-state index < -0.39 is 10.0 Å². The van der Waals surface area contributed by atoms with Crippen molar-refractivity contribution in [3.63, 3.8) is 0 Å².